The molecule has 0 unspecified atom stereocenters. The summed E-state index contributed by atoms with van der Waals surface area (Å²) in [4.78, 5) is 28.2. The van der Waals surface area contributed by atoms with E-state index >= 15 is 0 Å². The second-order valence-corrected chi connectivity index (χ2v) is 7.81. The lowest BCUT2D eigenvalue weighted by molar-refractivity contribution is 0.340. The zero-order valence-electron chi connectivity index (χ0n) is 18.5. The number of ether oxygens (including phenoxy) is 1. The predicted molar refractivity (Wildman–Crippen MR) is 127 cm³/mol. The van der Waals surface area contributed by atoms with Crippen LogP contribution in [0, 0.1) is 6.92 Å². The van der Waals surface area contributed by atoms with Crippen LogP contribution in [0.1, 0.15) is 32.5 Å². The van der Waals surface area contributed by atoms with Crippen LogP contribution in [0.15, 0.2) is 53.3 Å². The van der Waals surface area contributed by atoms with Crippen LogP contribution in [0.3, 0.4) is 0 Å². The Morgan fingerprint density at radius 2 is 1.62 bits per heavy atom. The maximum atomic E-state index is 13.6. The van der Waals surface area contributed by atoms with Crippen molar-refractivity contribution in [3.05, 3.63) is 64.7 Å². The van der Waals surface area contributed by atoms with E-state index in [4.69, 9.17) is 19.7 Å². The third-order valence-electron chi connectivity index (χ3n) is 5.69. The van der Waals surface area contributed by atoms with Gasteiger partial charge < -0.3 is 4.74 Å². The van der Waals surface area contributed by atoms with E-state index in [-0.39, 0.29) is 5.56 Å². The van der Waals surface area contributed by atoms with E-state index in [1.54, 1.807) is 4.57 Å². The summed E-state index contributed by atoms with van der Waals surface area (Å²) in [7, 11) is 0. The summed E-state index contributed by atoms with van der Waals surface area (Å²) >= 11 is 0. The average molecular weight is 428 g/mol. The molecule has 0 spiro atoms. The first-order chi connectivity index (χ1) is 15.6. The Labute approximate surface area is 185 Å². The molecule has 0 saturated heterocycles. The van der Waals surface area contributed by atoms with Gasteiger partial charge in [0.1, 0.15) is 22.5 Å². The number of para-hydroxylation sites is 2. The van der Waals surface area contributed by atoms with Gasteiger partial charge in [-0.1, -0.05) is 25.5 Å². The molecule has 0 aliphatic carbocycles. The summed E-state index contributed by atoms with van der Waals surface area (Å²) in [5, 5.41) is 0.508. The number of aryl methyl sites for hydroxylation is 1. The van der Waals surface area contributed by atoms with Crippen molar-refractivity contribution < 1.29 is 4.74 Å². The Balaban J connectivity index is 1.88. The van der Waals surface area contributed by atoms with Gasteiger partial charge >= 0.3 is 0 Å². The van der Waals surface area contributed by atoms with Crippen molar-refractivity contribution in [2.24, 2.45) is 0 Å². The molecule has 0 atom stereocenters. The van der Waals surface area contributed by atoms with Gasteiger partial charge in [0.15, 0.2) is 11.3 Å². The fraction of sp³-hybridized carbons (Fsp3) is 0.280. The van der Waals surface area contributed by atoms with Gasteiger partial charge in [0.25, 0.3) is 5.56 Å². The lowest BCUT2D eigenvalue weighted by atomic mass is 10.2. The SMILES string of the molecule is CCCCn1c(C)nc2c(c1=O)c1nc3ccccc3nc1n2-c1ccc(OCC)cc1. The molecule has 0 N–H and O–H groups in total. The largest absolute Gasteiger partial charge is 0.494 e. The third-order valence-corrected chi connectivity index (χ3v) is 5.69. The molecule has 0 fully saturated rings. The van der Waals surface area contributed by atoms with Gasteiger partial charge in [-0.05, 0) is 56.7 Å². The van der Waals surface area contributed by atoms with Crippen molar-refractivity contribution in [3.8, 4) is 11.4 Å². The number of benzene rings is 2. The zero-order valence-corrected chi connectivity index (χ0v) is 18.5. The minimum absolute atomic E-state index is 0.0692. The summed E-state index contributed by atoms with van der Waals surface area (Å²) in [6.45, 7) is 7.19. The summed E-state index contributed by atoms with van der Waals surface area (Å²) < 4.78 is 9.28. The normalized spacial score (nSPS) is 11.6. The molecule has 0 bridgehead atoms. The molecule has 0 saturated carbocycles. The van der Waals surface area contributed by atoms with Crippen molar-refractivity contribution in [1.29, 1.82) is 0 Å². The second-order valence-electron chi connectivity index (χ2n) is 7.81. The third kappa shape index (κ3) is 3.21. The summed E-state index contributed by atoms with van der Waals surface area (Å²) in [5.41, 5.74) is 4.10. The number of aromatic nitrogens is 5. The Bertz CT molecular complexity index is 1500. The molecule has 5 aromatic rings. The molecule has 7 nitrogen and oxygen atoms in total. The van der Waals surface area contributed by atoms with Gasteiger partial charge in [0, 0.05) is 12.2 Å². The van der Waals surface area contributed by atoms with E-state index in [1.165, 1.54) is 0 Å². The van der Waals surface area contributed by atoms with Crippen molar-refractivity contribution >= 4 is 33.2 Å². The molecule has 2 aromatic carbocycles. The van der Waals surface area contributed by atoms with Crippen LogP contribution in [-0.4, -0.2) is 30.7 Å². The Morgan fingerprint density at radius 3 is 2.31 bits per heavy atom. The molecular formula is C25H25N5O2. The molecule has 5 rings (SSSR count). The second kappa shape index (κ2) is 8.07. The monoisotopic (exact) mass is 427 g/mol. The average Bonchev–Trinajstić information content (AvgIpc) is 3.11. The van der Waals surface area contributed by atoms with E-state index in [0.29, 0.717) is 41.2 Å². The molecule has 3 aromatic heterocycles. The lowest BCUT2D eigenvalue weighted by Gasteiger charge is -2.11. The number of hydrogen-bond acceptors (Lipinski definition) is 5. The molecular weight excluding hydrogens is 402 g/mol. The van der Waals surface area contributed by atoms with Gasteiger partial charge in [0.2, 0.25) is 0 Å². The fourth-order valence-corrected chi connectivity index (χ4v) is 4.11. The van der Waals surface area contributed by atoms with Gasteiger partial charge in [-0.2, -0.15) is 0 Å². The van der Waals surface area contributed by atoms with Crippen LogP contribution in [0.2, 0.25) is 0 Å². The van der Waals surface area contributed by atoms with Gasteiger partial charge in [-0.15, -0.1) is 0 Å². The number of nitrogens with zero attached hydrogens (tertiary/aromatic N) is 5. The summed E-state index contributed by atoms with van der Waals surface area (Å²) in [6.07, 6.45) is 1.92. The number of hydrogen-bond donors (Lipinski definition) is 0. The van der Waals surface area contributed by atoms with E-state index in [2.05, 4.69) is 6.92 Å². The first-order valence-corrected chi connectivity index (χ1v) is 11.0. The van der Waals surface area contributed by atoms with Crippen molar-refractivity contribution in [1.82, 2.24) is 24.1 Å². The molecule has 7 heteroatoms. The molecule has 162 valence electrons. The molecule has 0 aliphatic rings. The van der Waals surface area contributed by atoms with Crippen molar-refractivity contribution in [3.63, 3.8) is 0 Å². The van der Waals surface area contributed by atoms with Crippen LogP contribution in [0.4, 0.5) is 0 Å². The van der Waals surface area contributed by atoms with Crippen molar-refractivity contribution in [2.45, 2.75) is 40.2 Å². The highest BCUT2D eigenvalue weighted by atomic mass is 16.5. The number of rotatable bonds is 6. The van der Waals surface area contributed by atoms with E-state index < -0.39 is 0 Å². The lowest BCUT2D eigenvalue weighted by Crippen LogP contribution is -2.24. The van der Waals surface area contributed by atoms with Gasteiger partial charge in [0.05, 0.1) is 17.6 Å². The predicted octanol–water partition coefficient (Wildman–Crippen LogP) is 4.79. The quantitative estimate of drug-likeness (QED) is 0.389. The van der Waals surface area contributed by atoms with Gasteiger partial charge in [-0.25, -0.2) is 15.0 Å². The highest BCUT2D eigenvalue weighted by Gasteiger charge is 2.22. The molecule has 32 heavy (non-hydrogen) atoms. The number of unbranched alkanes of at least 4 members (excludes halogenated alkanes) is 1. The summed E-state index contributed by atoms with van der Waals surface area (Å²) in [5.74, 6) is 1.48. The van der Waals surface area contributed by atoms with Crippen LogP contribution in [0.5, 0.6) is 5.75 Å². The first kappa shape index (κ1) is 20.2. The van der Waals surface area contributed by atoms with Crippen LogP contribution in [0.25, 0.3) is 38.9 Å². The molecule has 0 amide bonds. The Kier molecular flexibility index (Phi) is 5.09. The molecule has 0 aliphatic heterocycles. The maximum absolute atomic E-state index is 13.6. The van der Waals surface area contributed by atoms with Crippen molar-refractivity contribution in [2.75, 3.05) is 6.61 Å². The smallest absolute Gasteiger partial charge is 0.265 e. The molecule has 3 heterocycles. The molecule has 0 radical (unpaired) electrons. The van der Waals surface area contributed by atoms with E-state index in [1.807, 2.05) is 66.9 Å². The van der Waals surface area contributed by atoms with E-state index in [0.717, 1.165) is 35.3 Å². The Hall–Kier alpha value is -3.74. The van der Waals surface area contributed by atoms with E-state index in [9.17, 15) is 4.79 Å². The topological polar surface area (TPSA) is 74.8 Å². The van der Waals surface area contributed by atoms with Crippen LogP contribution >= 0.6 is 0 Å². The summed E-state index contributed by atoms with van der Waals surface area (Å²) in [6, 6.07) is 15.5. The minimum atomic E-state index is -0.0692. The highest BCUT2D eigenvalue weighted by molar-refractivity contribution is 6.05. The minimum Gasteiger partial charge on any atom is -0.494 e. The standard InChI is InChI=1S/C25H25N5O2/c1-4-6-15-29-16(3)26-23-21(25(29)31)22-24(28-20-10-8-7-9-19(20)27-22)30(23)17-11-13-18(14-12-17)32-5-2/h7-14H,4-6,15H2,1-3H3. The fourth-order valence-electron chi connectivity index (χ4n) is 4.11. The van der Waals surface area contributed by atoms with Gasteiger partial charge in [-0.3, -0.25) is 13.9 Å². The van der Waals surface area contributed by atoms with Crippen LogP contribution < -0.4 is 10.3 Å². The Morgan fingerprint density at radius 1 is 0.906 bits per heavy atom. The van der Waals surface area contributed by atoms with Crippen LogP contribution in [-0.2, 0) is 6.54 Å². The highest BCUT2D eigenvalue weighted by Crippen LogP contribution is 2.29. The first-order valence-electron chi connectivity index (χ1n) is 11.0. The number of fused-ring (bicyclic) bond motifs is 4. The zero-order chi connectivity index (χ0) is 22.2. The maximum Gasteiger partial charge on any atom is 0.265 e.